The molecule has 1 atom stereocenters. The summed E-state index contributed by atoms with van der Waals surface area (Å²) >= 11 is 0. The second-order valence-electron chi connectivity index (χ2n) is 6.99. The molecule has 0 bridgehead atoms. The standard InChI is InChI=1S/C19H27N3O2/c20-18(23)17-14-22(19(24)16-9-5-2-6-10-16)12-11-21(17)13-15-7-3-1-4-8-15/h1,3-4,7-8,16-17H,2,5-6,9-14H2,(H2,20,23). The predicted octanol–water partition coefficient (Wildman–Crippen LogP) is 1.76. The van der Waals surface area contributed by atoms with Gasteiger partial charge in [-0.1, -0.05) is 49.6 Å². The quantitative estimate of drug-likeness (QED) is 0.915. The fraction of sp³-hybridized carbons (Fsp3) is 0.579. The van der Waals surface area contributed by atoms with E-state index in [1.54, 1.807) is 0 Å². The first-order valence-electron chi connectivity index (χ1n) is 9.01. The normalized spacial score (nSPS) is 23.2. The molecule has 2 N–H and O–H groups in total. The van der Waals surface area contributed by atoms with Crippen LogP contribution in [0.25, 0.3) is 0 Å². The molecule has 0 aromatic heterocycles. The summed E-state index contributed by atoms with van der Waals surface area (Å²) in [6.07, 6.45) is 5.50. The first-order valence-corrected chi connectivity index (χ1v) is 9.01. The Hall–Kier alpha value is -1.88. The molecule has 5 nitrogen and oxygen atoms in total. The molecule has 1 aromatic carbocycles. The van der Waals surface area contributed by atoms with Gasteiger partial charge in [-0.2, -0.15) is 0 Å². The summed E-state index contributed by atoms with van der Waals surface area (Å²) in [6.45, 7) is 2.50. The molecule has 1 aromatic rings. The molecule has 1 unspecified atom stereocenters. The van der Waals surface area contributed by atoms with Gasteiger partial charge in [0.15, 0.2) is 0 Å². The van der Waals surface area contributed by atoms with Crippen LogP contribution in [-0.2, 0) is 16.1 Å². The van der Waals surface area contributed by atoms with Crippen molar-refractivity contribution in [2.75, 3.05) is 19.6 Å². The molecule has 1 saturated carbocycles. The van der Waals surface area contributed by atoms with Crippen molar-refractivity contribution in [3.8, 4) is 0 Å². The molecule has 1 saturated heterocycles. The molecule has 0 spiro atoms. The Morgan fingerprint density at radius 2 is 1.75 bits per heavy atom. The average Bonchev–Trinajstić information content (AvgIpc) is 2.63. The minimum Gasteiger partial charge on any atom is -0.368 e. The van der Waals surface area contributed by atoms with E-state index in [0.29, 0.717) is 26.2 Å². The highest BCUT2D eigenvalue weighted by molar-refractivity contribution is 5.83. The maximum atomic E-state index is 12.7. The number of primary amides is 1. The summed E-state index contributed by atoms with van der Waals surface area (Å²) in [7, 11) is 0. The van der Waals surface area contributed by atoms with Crippen LogP contribution >= 0.6 is 0 Å². The van der Waals surface area contributed by atoms with Crippen LogP contribution in [0.4, 0.5) is 0 Å². The van der Waals surface area contributed by atoms with Gasteiger partial charge in [0.05, 0.1) is 0 Å². The maximum Gasteiger partial charge on any atom is 0.236 e. The van der Waals surface area contributed by atoms with Crippen molar-refractivity contribution in [3.63, 3.8) is 0 Å². The van der Waals surface area contributed by atoms with Gasteiger partial charge in [0.25, 0.3) is 0 Å². The molecule has 0 radical (unpaired) electrons. The minimum atomic E-state index is -0.397. The van der Waals surface area contributed by atoms with Crippen LogP contribution in [0.1, 0.15) is 37.7 Å². The van der Waals surface area contributed by atoms with Gasteiger partial charge in [0, 0.05) is 32.1 Å². The number of nitrogens with zero attached hydrogens (tertiary/aromatic N) is 2. The summed E-state index contributed by atoms with van der Waals surface area (Å²) in [5.41, 5.74) is 6.80. The van der Waals surface area contributed by atoms with Gasteiger partial charge in [-0.3, -0.25) is 14.5 Å². The van der Waals surface area contributed by atoms with E-state index in [-0.39, 0.29) is 17.7 Å². The van der Waals surface area contributed by atoms with Crippen molar-refractivity contribution in [2.24, 2.45) is 11.7 Å². The number of nitrogens with two attached hydrogens (primary N) is 1. The number of rotatable bonds is 4. The lowest BCUT2D eigenvalue weighted by Gasteiger charge is -2.41. The van der Waals surface area contributed by atoms with Crippen molar-refractivity contribution < 1.29 is 9.59 Å². The van der Waals surface area contributed by atoms with Crippen molar-refractivity contribution in [1.29, 1.82) is 0 Å². The van der Waals surface area contributed by atoms with Crippen molar-refractivity contribution in [3.05, 3.63) is 35.9 Å². The summed E-state index contributed by atoms with van der Waals surface area (Å²) < 4.78 is 0. The Morgan fingerprint density at radius 3 is 2.42 bits per heavy atom. The molecule has 1 aliphatic carbocycles. The number of hydrogen-bond donors (Lipinski definition) is 1. The lowest BCUT2D eigenvalue weighted by Crippen LogP contribution is -2.59. The van der Waals surface area contributed by atoms with Crippen molar-refractivity contribution >= 4 is 11.8 Å². The molecule has 5 heteroatoms. The molecular formula is C19H27N3O2. The topological polar surface area (TPSA) is 66.6 Å². The maximum absolute atomic E-state index is 12.7. The van der Waals surface area contributed by atoms with E-state index in [1.807, 2.05) is 23.1 Å². The Labute approximate surface area is 143 Å². The lowest BCUT2D eigenvalue weighted by molar-refractivity contribution is -0.141. The Morgan fingerprint density at radius 1 is 1.04 bits per heavy atom. The van der Waals surface area contributed by atoms with E-state index >= 15 is 0 Å². The molecule has 24 heavy (non-hydrogen) atoms. The number of carbonyl (C=O) groups excluding carboxylic acids is 2. The van der Waals surface area contributed by atoms with Crippen LogP contribution in [0.2, 0.25) is 0 Å². The lowest BCUT2D eigenvalue weighted by atomic mass is 9.88. The summed E-state index contributed by atoms with van der Waals surface area (Å²) in [4.78, 5) is 28.7. The van der Waals surface area contributed by atoms with E-state index < -0.39 is 6.04 Å². The zero-order valence-electron chi connectivity index (χ0n) is 14.2. The molecule has 3 rings (SSSR count). The van der Waals surface area contributed by atoms with E-state index in [1.165, 1.54) is 6.42 Å². The van der Waals surface area contributed by atoms with Crippen LogP contribution < -0.4 is 5.73 Å². The van der Waals surface area contributed by atoms with E-state index in [0.717, 1.165) is 31.2 Å². The smallest absolute Gasteiger partial charge is 0.236 e. The third-order valence-electron chi connectivity index (χ3n) is 5.31. The molecule has 2 aliphatic rings. The Balaban J connectivity index is 1.64. The number of piperazine rings is 1. The van der Waals surface area contributed by atoms with E-state index in [9.17, 15) is 9.59 Å². The molecule has 2 amide bonds. The third kappa shape index (κ3) is 3.96. The summed E-state index contributed by atoms with van der Waals surface area (Å²) in [5, 5.41) is 0. The molecule has 130 valence electrons. The zero-order chi connectivity index (χ0) is 16.9. The largest absolute Gasteiger partial charge is 0.368 e. The highest BCUT2D eigenvalue weighted by Crippen LogP contribution is 2.26. The minimum absolute atomic E-state index is 0.146. The molecule has 2 fully saturated rings. The Kier molecular flexibility index (Phi) is 5.51. The molecule has 1 aliphatic heterocycles. The van der Waals surface area contributed by atoms with Crippen LogP contribution in [0, 0.1) is 5.92 Å². The predicted molar refractivity (Wildman–Crippen MR) is 93.0 cm³/mol. The monoisotopic (exact) mass is 329 g/mol. The molecular weight excluding hydrogens is 302 g/mol. The summed E-state index contributed by atoms with van der Waals surface area (Å²) in [6, 6.07) is 9.69. The van der Waals surface area contributed by atoms with Crippen LogP contribution in [0.3, 0.4) is 0 Å². The van der Waals surface area contributed by atoms with Crippen LogP contribution in [0.5, 0.6) is 0 Å². The van der Waals surface area contributed by atoms with Gasteiger partial charge in [0.1, 0.15) is 6.04 Å². The highest BCUT2D eigenvalue weighted by Gasteiger charge is 2.35. The number of benzene rings is 1. The Bertz CT molecular complexity index is 569. The van der Waals surface area contributed by atoms with E-state index in [2.05, 4.69) is 17.0 Å². The number of carbonyl (C=O) groups is 2. The first-order chi connectivity index (χ1) is 11.6. The highest BCUT2D eigenvalue weighted by atomic mass is 16.2. The number of hydrogen-bond acceptors (Lipinski definition) is 3. The van der Waals surface area contributed by atoms with Gasteiger partial charge in [0.2, 0.25) is 11.8 Å². The average molecular weight is 329 g/mol. The second kappa shape index (κ2) is 7.79. The fourth-order valence-electron chi connectivity index (χ4n) is 3.91. The van der Waals surface area contributed by atoms with Crippen molar-refractivity contribution in [1.82, 2.24) is 9.80 Å². The zero-order valence-corrected chi connectivity index (χ0v) is 14.2. The van der Waals surface area contributed by atoms with Crippen LogP contribution in [-0.4, -0.2) is 47.3 Å². The number of amides is 2. The fourth-order valence-corrected chi connectivity index (χ4v) is 3.91. The second-order valence-corrected chi connectivity index (χ2v) is 6.99. The van der Waals surface area contributed by atoms with Crippen molar-refractivity contribution in [2.45, 2.75) is 44.7 Å². The third-order valence-corrected chi connectivity index (χ3v) is 5.31. The van der Waals surface area contributed by atoms with E-state index in [4.69, 9.17) is 5.73 Å². The summed E-state index contributed by atoms with van der Waals surface area (Å²) in [5.74, 6) is 0.0281. The van der Waals surface area contributed by atoms with Gasteiger partial charge in [-0.25, -0.2) is 0 Å². The van der Waals surface area contributed by atoms with Gasteiger partial charge in [-0.15, -0.1) is 0 Å². The molecule has 1 heterocycles. The first kappa shape index (κ1) is 17.0. The van der Waals surface area contributed by atoms with Crippen LogP contribution in [0.15, 0.2) is 30.3 Å². The van der Waals surface area contributed by atoms with Gasteiger partial charge < -0.3 is 10.6 Å². The van der Waals surface area contributed by atoms with Gasteiger partial charge >= 0.3 is 0 Å². The van der Waals surface area contributed by atoms with Gasteiger partial charge in [-0.05, 0) is 18.4 Å². The SMILES string of the molecule is NC(=O)C1CN(C(=O)C2CCCCC2)CCN1Cc1ccccc1.